The van der Waals surface area contributed by atoms with Gasteiger partial charge in [-0.05, 0) is 18.6 Å². The molecule has 0 radical (unpaired) electrons. The van der Waals surface area contributed by atoms with Gasteiger partial charge in [0.15, 0.2) is 6.29 Å². The average molecular weight is 283 g/mol. The summed E-state index contributed by atoms with van der Waals surface area (Å²) < 4.78 is 5.62. The highest BCUT2D eigenvalue weighted by atomic mass is 35.5. The van der Waals surface area contributed by atoms with Crippen molar-refractivity contribution in [1.29, 1.82) is 0 Å². The van der Waals surface area contributed by atoms with E-state index in [1.165, 1.54) is 38.5 Å². The Morgan fingerprint density at radius 1 is 1.11 bits per heavy atom. The Hall–Kier alpha value is -1.02. The van der Waals surface area contributed by atoms with Crippen LogP contribution in [0.15, 0.2) is 18.2 Å². The van der Waals surface area contributed by atoms with E-state index >= 15 is 0 Å². The largest absolute Gasteiger partial charge is 0.491 e. The van der Waals surface area contributed by atoms with Crippen LogP contribution in [0.3, 0.4) is 0 Å². The number of carbonyl (C=O) groups excluding carboxylic acids is 1. The summed E-state index contributed by atoms with van der Waals surface area (Å²) in [5.74, 6) is 0.519. The van der Waals surface area contributed by atoms with E-state index < -0.39 is 0 Å². The first-order valence-corrected chi connectivity index (χ1v) is 7.54. The van der Waals surface area contributed by atoms with Crippen LogP contribution >= 0.6 is 11.6 Å². The molecule has 0 aliphatic heterocycles. The highest BCUT2D eigenvalue weighted by Crippen LogP contribution is 2.27. The molecule has 0 N–H and O–H groups in total. The second-order valence-electron chi connectivity index (χ2n) is 4.75. The Kier molecular flexibility index (Phi) is 8.31. The van der Waals surface area contributed by atoms with Gasteiger partial charge in [0.25, 0.3) is 0 Å². The van der Waals surface area contributed by atoms with Crippen LogP contribution in [0.2, 0.25) is 5.02 Å². The maximum atomic E-state index is 10.9. The Labute approximate surface area is 121 Å². The van der Waals surface area contributed by atoms with Crippen LogP contribution in [-0.4, -0.2) is 12.9 Å². The van der Waals surface area contributed by atoms with Gasteiger partial charge in [-0.2, -0.15) is 0 Å². The molecule has 1 rings (SSSR count). The molecule has 0 amide bonds. The van der Waals surface area contributed by atoms with Crippen LogP contribution in [0.25, 0.3) is 0 Å². The van der Waals surface area contributed by atoms with Crippen molar-refractivity contribution < 1.29 is 9.53 Å². The smallest absolute Gasteiger partial charge is 0.153 e. The molecule has 0 heterocycles. The van der Waals surface area contributed by atoms with Gasteiger partial charge < -0.3 is 4.74 Å². The summed E-state index contributed by atoms with van der Waals surface area (Å²) in [4.78, 5) is 10.9. The molecule has 0 atom stereocenters. The number of carbonyl (C=O) groups is 1. The molecule has 0 spiro atoms. The predicted octanol–water partition coefficient (Wildman–Crippen LogP) is 5.28. The second kappa shape index (κ2) is 9.85. The maximum absolute atomic E-state index is 10.9. The molecule has 19 heavy (non-hydrogen) atoms. The topological polar surface area (TPSA) is 26.3 Å². The van der Waals surface area contributed by atoms with Gasteiger partial charge >= 0.3 is 0 Å². The van der Waals surface area contributed by atoms with Crippen molar-refractivity contribution in [1.82, 2.24) is 0 Å². The molecule has 106 valence electrons. The van der Waals surface area contributed by atoms with Gasteiger partial charge in [-0.25, -0.2) is 0 Å². The van der Waals surface area contributed by atoms with Crippen molar-refractivity contribution in [2.24, 2.45) is 0 Å². The molecule has 3 heteroatoms. The van der Waals surface area contributed by atoms with Crippen LogP contribution in [-0.2, 0) is 0 Å². The molecule has 0 saturated carbocycles. The third-order valence-corrected chi connectivity index (χ3v) is 3.42. The monoisotopic (exact) mass is 282 g/mol. The molecule has 0 aliphatic rings. The Morgan fingerprint density at radius 2 is 1.79 bits per heavy atom. The number of halogens is 1. The van der Waals surface area contributed by atoms with Crippen molar-refractivity contribution in [2.45, 2.75) is 51.9 Å². The lowest BCUT2D eigenvalue weighted by molar-refractivity contribution is 0.111. The summed E-state index contributed by atoms with van der Waals surface area (Å²) >= 11 is 6.02. The van der Waals surface area contributed by atoms with E-state index in [1.807, 2.05) is 0 Å². The molecule has 1 aromatic rings. The number of unbranched alkanes of at least 4 members (excludes halogenated alkanes) is 6. The van der Waals surface area contributed by atoms with E-state index in [1.54, 1.807) is 18.2 Å². The second-order valence-corrected chi connectivity index (χ2v) is 5.15. The molecule has 0 aliphatic carbocycles. The number of para-hydroxylation sites is 1. The van der Waals surface area contributed by atoms with Crippen LogP contribution < -0.4 is 4.74 Å². The number of ether oxygens (including phenoxy) is 1. The van der Waals surface area contributed by atoms with Crippen LogP contribution in [0.5, 0.6) is 5.75 Å². The fraction of sp³-hybridized carbons (Fsp3) is 0.562. The van der Waals surface area contributed by atoms with Gasteiger partial charge in [0.1, 0.15) is 5.75 Å². The SMILES string of the molecule is CCCCCCCCCOc1c(Cl)cccc1C=O. The van der Waals surface area contributed by atoms with Crippen molar-refractivity contribution in [3.63, 3.8) is 0 Å². The third-order valence-electron chi connectivity index (χ3n) is 3.12. The minimum Gasteiger partial charge on any atom is -0.491 e. The van der Waals surface area contributed by atoms with E-state index in [0.717, 1.165) is 12.7 Å². The molecule has 0 aromatic heterocycles. The molecular formula is C16H23ClO2. The average Bonchev–Trinajstić information content (AvgIpc) is 2.43. The third kappa shape index (κ3) is 6.11. The van der Waals surface area contributed by atoms with E-state index in [4.69, 9.17) is 16.3 Å². The van der Waals surface area contributed by atoms with Crippen molar-refractivity contribution in [2.75, 3.05) is 6.61 Å². The zero-order valence-electron chi connectivity index (χ0n) is 11.7. The molecule has 0 fully saturated rings. The number of aldehydes is 1. The summed E-state index contributed by atoms with van der Waals surface area (Å²) in [5, 5.41) is 0.507. The van der Waals surface area contributed by atoms with E-state index in [-0.39, 0.29) is 0 Å². The predicted molar refractivity (Wildman–Crippen MR) is 80.3 cm³/mol. The van der Waals surface area contributed by atoms with Gasteiger partial charge in [0.05, 0.1) is 17.2 Å². The zero-order valence-corrected chi connectivity index (χ0v) is 12.4. The van der Waals surface area contributed by atoms with Crippen LogP contribution in [0, 0.1) is 0 Å². The van der Waals surface area contributed by atoms with Gasteiger partial charge in [-0.3, -0.25) is 4.79 Å². The van der Waals surface area contributed by atoms with Gasteiger partial charge in [0, 0.05) is 0 Å². The van der Waals surface area contributed by atoms with Gasteiger partial charge in [-0.1, -0.05) is 63.1 Å². The number of hydrogen-bond acceptors (Lipinski definition) is 2. The quantitative estimate of drug-likeness (QED) is 0.431. The molecular weight excluding hydrogens is 260 g/mol. The first-order valence-electron chi connectivity index (χ1n) is 7.16. The lowest BCUT2D eigenvalue weighted by Crippen LogP contribution is -2.00. The van der Waals surface area contributed by atoms with Crippen LogP contribution in [0.4, 0.5) is 0 Å². The summed E-state index contributed by atoms with van der Waals surface area (Å²) in [7, 11) is 0. The number of rotatable bonds is 10. The summed E-state index contributed by atoms with van der Waals surface area (Å²) in [6, 6.07) is 5.22. The van der Waals surface area contributed by atoms with Crippen molar-refractivity contribution in [3.8, 4) is 5.75 Å². The van der Waals surface area contributed by atoms with E-state index in [9.17, 15) is 4.79 Å². The minimum absolute atomic E-state index is 0.507. The fourth-order valence-electron chi connectivity index (χ4n) is 2.00. The zero-order chi connectivity index (χ0) is 13.9. The Morgan fingerprint density at radius 3 is 2.47 bits per heavy atom. The fourth-order valence-corrected chi connectivity index (χ4v) is 2.24. The van der Waals surface area contributed by atoms with Gasteiger partial charge in [-0.15, -0.1) is 0 Å². The van der Waals surface area contributed by atoms with Crippen molar-refractivity contribution in [3.05, 3.63) is 28.8 Å². The first-order chi connectivity index (χ1) is 9.29. The molecule has 0 bridgehead atoms. The van der Waals surface area contributed by atoms with E-state index in [0.29, 0.717) is 22.9 Å². The number of hydrogen-bond donors (Lipinski definition) is 0. The maximum Gasteiger partial charge on any atom is 0.153 e. The Balaban J connectivity index is 2.21. The molecule has 0 unspecified atom stereocenters. The van der Waals surface area contributed by atoms with Gasteiger partial charge in [0.2, 0.25) is 0 Å². The molecule has 1 aromatic carbocycles. The lowest BCUT2D eigenvalue weighted by atomic mass is 10.1. The first kappa shape index (κ1) is 16.0. The highest BCUT2D eigenvalue weighted by Gasteiger charge is 2.07. The highest BCUT2D eigenvalue weighted by molar-refractivity contribution is 6.32. The minimum atomic E-state index is 0.507. The summed E-state index contributed by atoms with van der Waals surface area (Å²) in [6.07, 6.45) is 9.47. The van der Waals surface area contributed by atoms with Crippen LogP contribution in [0.1, 0.15) is 62.2 Å². The van der Waals surface area contributed by atoms with E-state index in [2.05, 4.69) is 6.92 Å². The Bertz CT molecular complexity index is 377. The normalized spacial score (nSPS) is 10.4. The number of benzene rings is 1. The molecule has 0 saturated heterocycles. The lowest BCUT2D eigenvalue weighted by Gasteiger charge is -2.09. The standard InChI is InChI=1S/C16H23ClO2/c1-2-3-4-5-6-7-8-12-19-16-14(13-18)10-9-11-15(16)17/h9-11,13H,2-8,12H2,1H3. The summed E-state index contributed by atoms with van der Waals surface area (Å²) in [5.41, 5.74) is 0.524. The molecule has 2 nitrogen and oxygen atoms in total. The summed E-state index contributed by atoms with van der Waals surface area (Å²) in [6.45, 7) is 2.85. The van der Waals surface area contributed by atoms with Crippen molar-refractivity contribution >= 4 is 17.9 Å².